The van der Waals surface area contributed by atoms with Crippen LogP contribution in [0.2, 0.25) is 0 Å². The number of thiazole rings is 1. The third-order valence-corrected chi connectivity index (χ3v) is 5.57. The maximum atomic E-state index is 12.8. The standard InChI is InChI=1S/C16H16N2OS2/c1-9-8-20-16(17-9)21-11(3)15(19)14-10(2)18-13-7-5-4-6-12(13)14/h4-8,11,18H,1-3H3/t11-/m0/s1. The van der Waals surface area contributed by atoms with Gasteiger partial charge in [-0.3, -0.25) is 4.79 Å². The highest BCUT2D eigenvalue weighted by atomic mass is 32.2. The van der Waals surface area contributed by atoms with E-state index in [1.165, 1.54) is 11.8 Å². The zero-order valence-corrected chi connectivity index (χ0v) is 13.8. The van der Waals surface area contributed by atoms with E-state index in [0.29, 0.717) is 0 Å². The molecule has 3 nitrogen and oxygen atoms in total. The Balaban J connectivity index is 1.91. The number of ketones is 1. The summed E-state index contributed by atoms with van der Waals surface area (Å²) in [4.78, 5) is 20.5. The molecular formula is C16H16N2OS2. The maximum absolute atomic E-state index is 12.8. The molecule has 0 amide bonds. The first-order valence-corrected chi connectivity index (χ1v) is 8.52. The highest BCUT2D eigenvalue weighted by molar-refractivity contribution is 8.02. The van der Waals surface area contributed by atoms with Gasteiger partial charge in [0.05, 0.1) is 5.25 Å². The number of hydrogen-bond donors (Lipinski definition) is 1. The van der Waals surface area contributed by atoms with E-state index >= 15 is 0 Å². The predicted molar refractivity (Wildman–Crippen MR) is 89.5 cm³/mol. The number of nitrogens with zero attached hydrogens (tertiary/aromatic N) is 1. The molecule has 21 heavy (non-hydrogen) atoms. The minimum absolute atomic E-state index is 0.145. The number of hydrogen-bond acceptors (Lipinski definition) is 4. The van der Waals surface area contributed by atoms with Crippen molar-refractivity contribution >= 4 is 39.8 Å². The first kappa shape index (κ1) is 14.4. The van der Waals surface area contributed by atoms with Crippen molar-refractivity contribution in [3.8, 4) is 0 Å². The lowest BCUT2D eigenvalue weighted by Gasteiger charge is -2.08. The molecule has 3 rings (SSSR count). The average molecular weight is 316 g/mol. The van der Waals surface area contributed by atoms with E-state index < -0.39 is 0 Å². The number of Topliss-reactive ketones (excluding diaryl/α,β-unsaturated/α-hetero) is 1. The van der Waals surface area contributed by atoms with Gasteiger partial charge < -0.3 is 4.98 Å². The van der Waals surface area contributed by atoms with Gasteiger partial charge in [0.15, 0.2) is 10.1 Å². The fourth-order valence-electron chi connectivity index (χ4n) is 2.39. The molecule has 0 spiro atoms. The number of fused-ring (bicyclic) bond motifs is 1. The van der Waals surface area contributed by atoms with Crippen LogP contribution < -0.4 is 0 Å². The van der Waals surface area contributed by atoms with E-state index in [1.807, 2.05) is 50.4 Å². The second-order valence-electron chi connectivity index (χ2n) is 5.05. The number of nitrogens with one attached hydrogen (secondary N) is 1. The average Bonchev–Trinajstić information content (AvgIpc) is 3.00. The van der Waals surface area contributed by atoms with Crippen molar-refractivity contribution in [1.82, 2.24) is 9.97 Å². The molecule has 0 saturated heterocycles. The summed E-state index contributed by atoms with van der Waals surface area (Å²) in [5, 5.41) is 2.87. The molecule has 1 aromatic carbocycles. The highest BCUT2D eigenvalue weighted by Gasteiger charge is 2.23. The molecule has 0 bridgehead atoms. The second kappa shape index (κ2) is 5.66. The van der Waals surface area contributed by atoms with Crippen molar-refractivity contribution in [3.63, 3.8) is 0 Å². The van der Waals surface area contributed by atoms with Gasteiger partial charge in [-0.2, -0.15) is 0 Å². The summed E-state index contributed by atoms with van der Waals surface area (Å²) in [7, 11) is 0. The van der Waals surface area contributed by atoms with E-state index in [0.717, 1.165) is 32.2 Å². The Morgan fingerprint density at radius 2 is 2.10 bits per heavy atom. The van der Waals surface area contributed by atoms with Gasteiger partial charge in [-0.05, 0) is 26.8 Å². The van der Waals surface area contributed by atoms with Crippen LogP contribution in [0.5, 0.6) is 0 Å². The third-order valence-electron chi connectivity index (χ3n) is 3.38. The van der Waals surface area contributed by atoms with Crippen molar-refractivity contribution in [3.05, 3.63) is 46.6 Å². The fraction of sp³-hybridized carbons (Fsp3) is 0.250. The molecule has 0 saturated carbocycles. The van der Waals surface area contributed by atoms with Gasteiger partial charge in [-0.15, -0.1) is 11.3 Å². The van der Waals surface area contributed by atoms with E-state index in [1.54, 1.807) is 11.3 Å². The van der Waals surface area contributed by atoms with Crippen LogP contribution in [-0.4, -0.2) is 21.0 Å². The summed E-state index contributed by atoms with van der Waals surface area (Å²) in [6.07, 6.45) is 0. The molecule has 3 aromatic rings. The summed E-state index contributed by atoms with van der Waals surface area (Å²) in [6.45, 7) is 5.87. The largest absolute Gasteiger partial charge is 0.358 e. The second-order valence-corrected chi connectivity index (χ2v) is 7.50. The zero-order valence-electron chi connectivity index (χ0n) is 12.1. The fourth-order valence-corrected chi connectivity index (χ4v) is 4.43. The molecule has 0 fully saturated rings. The van der Waals surface area contributed by atoms with Crippen LogP contribution in [-0.2, 0) is 0 Å². The monoisotopic (exact) mass is 316 g/mol. The SMILES string of the molecule is Cc1csc(S[C@@H](C)C(=O)c2c(C)[nH]c3ccccc23)n1. The van der Waals surface area contributed by atoms with E-state index in [2.05, 4.69) is 9.97 Å². The van der Waals surface area contributed by atoms with Crippen LogP contribution in [0.3, 0.4) is 0 Å². The van der Waals surface area contributed by atoms with Gasteiger partial charge in [-0.1, -0.05) is 30.0 Å². The Morgan fingerprint density at radius 1 is 1.33 bits per heavy atom. The summed E-state index contributed by atoms with van der Waals surface area (Å²) < 4.78 is 0.950. The zero-order chi connectivity index (χ0) is 15.0. The molecular weight excluding hydrogens is 300 g/mol. The number of para-hydroxylation sites is 1. The number of carbonyl (C=O) groups is 1. The summed E-state index contributed by atoms with van der Waals surface area (Å²) in [5.74, 6) is 0.155. The maximum Gasteiger partial charge on any atom is 0.178 e. The Bertz CT molecular complexity index is 804. The van der Waals surface area contributed by atoms with Crippen LogP contribution >= 0.6 is 23.1 Å². The lowest BCUT2D eigenvalue weighted by Crippen LogP contribution is -2.14. The number of rotatable bonds is 4. The van der Waals surface area contributed by atoms with E-state index in [9.17, 15) is 4.79 Å². The molecule has 2 aromatic heterocycles. The van der Waals surface area contributed by atoms with Gasteiger partial charge in [0.25, 0.3) is 0 Å². The smallest absolute Gasteiger partial charge is 0.178 e. The van der Waals surface area contributed by atoms with Crippen LogP contribution in [0.15, 0.2) is 34.0 Å². The number of carbonyl (C=O) groups excluding carboxylic acids is 1. The van der Waals surface area contributed by atoms with Crippen LogP contribution in [0, 0.1) is 13.8 Å². The lowest BCUT2D eigenvalue weighted by molar-refractivity contribution is 0.0995. The first-order valence-electron chi connectivity index (χ1n) is 6.76. The summed E-state index contributed by atoms with van der Waals surface area (Å²) >= 11 is 3.12. The molecule has 108 valence electrons. The number of benzene rings is 1. The molecule has 2 heterocycles. The molecule has 0 aliphatic heterocycles. The van der Waals surface area contributed by atoms with Gasteiger partial charge >= 0.3 is 0 Å². The summed E-state index contributed by atoms with van der Waals surface area (Å²) in [5.41, 5.74) is 3.76. The highest BCUT2D eigenvalue weighted by Crippen LogP contribution is 2.31. The number of thioether (sulfide) groups is 1. The lowest BCUT2D eigenvalue weighted by atomic mass is 10.1. The molecule has 0 aliphatic carbocycles. The van der Waals surface area contributed by atoms with E-state index in [-0.39, 0.29) is 11.0 Å². The predicted octanol–water partition coefficient (Wildman–Crippen LogP) is 4.60. The van der Waals surface area contributed by atoms with Gasteiger partial charge in [0, 0.05) is 33.2 Å². The molecule has 1 atom stereocenters. The Labute approximate surface area is 131 Å². The molecule has 0 radical (unpaired) electrons. The Morgan fingerprint density at radius 3 is 2.81 bits per heavy atom. The Hall–Kier alpha value is -1.59. The molecule has 5 heteroatoms. The molecule has 0 aliphatic rings. The first-order chi connectivity index (χ1) is 10.1. The van der Waals surface area contributed by atoms with Gasteiger partial charge in [0.1, 0.15) is 0 Å². The van der Waals surface area contributed by atoms with Gasteiger partial charge in [0.2, 0.25) is 0 Å². The number of H-pyrrole nitrogens is 1. The van der Waals surface area contributed by atoms with Crippen molar-refractivity contribution in [1.29, 1.82) is 0 Å². The van der Waals surface area contributed by atoms with E-state index in [4.69, 9.17) is 0 Å². The Kier molecular flexibility index (Phi) is 3.87. The number of aromatic nitrogens is 2. The van der Waals surface area contributed by atoms with Crippen molar-refractivity contribution in [2.45, 2.75) is 30.4 Å². The molecule has 1 N–H and O–H groups in total. The minimum Gasteiger partial charge on any atom is -0.358 e. The van der Waals surface area contributed by atoms with Crippen LogP contribution in [0.1, 0.15) is 28.7 Å². The topological polar surface area (TPSA) is 45.8 Å². The normalized spacial score (nSPS) is 12.7. The van der Waals surface area contributed by atoms with Crippen LogP contribution in [0.25, 0.3) is 10.9 Å². The van der Waals surface area contributed by atoms with Crippen LogP contribution in [0.4, 0.5) is 0 Å². The number of aromatic amines is 1. The molecule has 0 unspecified atom stereocenters. The minimum atomic E-state index is -0.145. The van der Waals surface area contributed by atoms with Crippen molar-refractivity contribution < 1.29 is 4.79 Å². The van der Waals surface area contributed by atoms with Crippen molar-refractivity contribution in [2.75, 3.05) is 0 Å². The van der Waals surface area contributed by atoms with Crippen molar-refractivity contribution in [2.24, 2.45) is 0 Å². The van der Waals surface area contributed by atoms with Gasteiger partial charge in [-0.25, -0.2) is 4.98 Å². The third kappa shape index (κ3) is 2.76. The summed E-state index contributed by atoms with van der Waals surface area (Å²) in [6, 6.07) is 7.94. The number of aryl methyl sites for hydroxylation is 2. The quantitative estimate of drug-likeness (QED) is 0.565.